The second-order valence-electron chi connectivity index (χ2n) is 5.71. The lowest BCUT2D eigenvalue weighted by Gasteiger charge is -2.36. The first kappa shape index (κ1) is 16.2. The van der Waals surface area contributed by atoms with E-state index < -0.39 is 32.8 Å². The van der Waals surface area contributed by atoms with Crippen molar-refractivity contribution in [2.45, 2.75) is 32.1 Å². The summed E-state index contributed by atoms with van der Waals surface area (Å²) in [5.41, 5.74) is -0.666. The highest BCUT2D eigenvalue weighted by atomic mass is 32.2. The van der Waals surface area contributed by atoms with E-state index in [4.69, 9.17) is 9.88 Å². The van der Waals surface area contributed by atoms with Crippen LogP contribution in [0.15, 0.2) is 18.2 Å². The van der Waals surface area contributed by atoms with E-state index in [9.17, 15) is 17.2 Å². The highest BCUT2D eigenvalue weighted by Gasteiger charge is 2.37. The predicted octanol–water partition coefficient (Wildman–Crippen LogP) is 2.58. The number of benzene rings is 1. The Bertz CT molecular complexity index is 578. The van der Waals surface area contributed by atoms with Crippen LogP contribution in [-0.2, 0) is 10.0 Å². The highest BCUT2D eigenvalue weighted by Crippen LogP contribution is 2.38. The van der Waals surface area contributed by atoms with Gasteiger partial charge >= 0.3 is 0 Å². The van der Waals surface area contributed by atoms with Crippen LogP contribution in [0.1, 0.15) is 32.1 Å². The van der Waals surface area contributed by atoms with Gasteiger partial charge in [0, 0.05) is 5.41 Å². The Hall–Kier alpha value is -1.21. The summed E-state index contributed by atoms with van der Waals surface area (Å²) in [6.07, 6.45) is 3.98. The Morgan fingerprint density at radius 3 is 2.24 bits per heavy atom. The van der Waals surface area contributed by atoms with Gasteiger partial charge in [0.1, 0.15) is 0 Å². The standard InChI is InChI=1S/C14H19F2NO3S/c15-11-5-4-6-12(16)13(11)20-9-14(10-21(17,18)19)7-2-1-3-8-14/h4-6H,1-3,7-10H2,(H2,17,18,19). The van der Waals surface area contributed by atoms with Gasteiger partial charge in [0.2, 0.25) is 10.0 Å². The third kappa shape index (κ3) is 4.38. The van der Waals surface area contributed by atoms with Crippen LogP contribution in [0.25, 0.3) is 0 Å². The number of nitrogens with two attached hydrogens (primary N) is 1. The second-order valence-corrected chi connectivity index (χ2v) is 7.32. The average Bonchev–Trinajstić information content (AvgIpc) is 2.37. The zero-order chi connectivity index (χ0) is 15.5. The Morgan fingerprint density at radius 2 is 1.71 bits per heavy atom. The smallest absolute Gasteiger partial charge is 0.209 e. The van der Waals surface area contributed by atoms with Gasteiger partial charge in [0.05, 0.1) is 12.4 Å². The molecule has 0 heterocycles. The number of para-hydroxylation sites is 1. The number of rotatable bonds is 5. The minimum absolute atomic E-state index is 0.0543. The van der Waals surface area contributed by atoms with Crippen molar-refractivity contribution in [1.82, 2.24) is 0 Å². The minimum Gasteiger partial charge on any atom is -0.487 e. The normalized spacial score (nSPS) is 18.4. The van der Waals surface area contributed by atoms with Gasteiger partial charge in [0.15, 0.2) is 17.4 Å². The molecule has 0 aliphatic heterocycles. The summed E-state index contributed by atoms with van der Waals surface area (Å²) in [7, 11) is -3.67. The van der Waals surface area contributed by atoms with Gasteiger partial charge in [0.25, 0.3) is 0 Å². The molecule has 0 saturated heterocycles. The molecule has 7 heteroatoms. The van der Waals surface area contributed by atoms with Gasteiger partial charge in [-0.05, 0) is 25.0 Å². The fourth-order valence-electron chi connectivity index (χ4n) is 2.90. The molecule has 0 bridgehead atoms. The molecule has 2 rings (SSSR count). The fraction of sp³-hybridized carbons (Fsp3) is 0.571. The van der Waals surface area contributed by atoms with Gasteiger partial charge in [-0.2, -0.15) is 0 Å². The number of sulfonamides is 1. The van der Waals surface area contributed by atoms with E-state index in [1.165, 1.54) is 6.07 Å². The molecular formula is C14H19F2NO3S. The molecular weight excluding hydrogens is 300 g/mol. The van der Waals surface area contributed by atoms with Gasteiger partial charge in [-0.1, -0.05) is 25.3 Å². The summed E-state index contributed by atoms with van der Waals surface area (Å²) < 4.78 is 55.3. The molecule has 2 N–H and O–H groups in total. The van der Waals surface area contributed by atoms with Gasteiger partial charge in [-0.25, -0.2) is 22.3 Å². The van der Waals surface area contributed by atoms with E-state index in [-0.39, 0.29) is 12.4 Å². The van der Waals surface area contributed by atoms with E-state index in [1.807, 2.05) is 0 Å². The molecule has 0 atom stereocenters. The minimum atomic E-state index is -3.67. The molecule has 0 spiro atoms. The maximum Gasteiger partial charge on any atom is 0.209 e. The summed E-state index contributed by atoms with van der Waals surface area (Å²) in [5, 5.41) is 5.15. The molecule has 1 aromatic rings. The zero-order valence-corrected chi connectivity index (χ0v) is 12.5. The number of hydrogen-bond acceptors (Lipinski definition) is 3. The molecule has 1 aromatic carbocycles. The lowest BCUT2D eigenvalue weighted by molar-refractivity contribution is 0.112. The van der Waals surface area contributed by atoms with Crippen LogP contribution in [0, 0.1) is 17.0 Å². The van der Waals surface area contributed by atoms with Crippen molar-refractivity contribution in [3.63, 3.8) is 0 Å². The van der Waals surface area contributed by atoms with E-state index in [1.54, 1.807) is 0 Å². The predicted molar refractivity (Wildman–Crippen MR) is 75.3 cm³/mol. The molecule has 4 nitrogen and oxygen atoms in total. The van der Waals surface area contributed by atoms with Crippen LogP contribution in [0.2, 0.25) is 0 Å². The Kier molecular flexibility index (Phi) is 4.83. The molecule has 0 amide bonds. The molecule has 0 unspecified atom stereocenters. The zero-order valence-electron chi connectivity index (χ0n) is 11.6. The summed E-state index contributed by atoms with van der Waals surface area (Å²) in [6.45, 7) is -0.0543. The maximum absolute atomic E-state index is 13.6. The monoisotopic (exact) mass is 319 g/mol. The molecule has 1 aliphatic rings. The fourth-order valence-corrected chi connectivity index (χ4v) is 4.13. The molecule has 0 aromatic heterocycles. The van der Waals surface area contributed by atoms with Crippen LogP contribution in [0.4, 0.5) is 8.78 Å². The van der Waals surface area contributed by atoms with Crippen LogP contribution < -0.4 is 9.88 Å². The highest BCUT2D eigenvalue weighted by molar-refractivity contribution is 7.89. The Labute approximate surface area is 123 Å². The van der Waals surface area contributed by atoms with Crippen molar-refractivity contribution >= 4 is 10.0 Å². The molecule has 1 fully saturated rings. The summed E-state index contributed by atoms with van der Waals surface area (Å²) >= 11 is 0. The van der Waals surface area contributed by atoms with Crippen molar-refractivity contribution in [1.29, 1.82) is 0 Å². The first-order valence-electron chi connectivity index (χ1n) is 6.89. The third-order valence-electron chi connectivity index (χ3n) is 3.86. The van der Waals surface area contributed by atoms with Crippen LogP contribution in [0.3, 0.4) is 0 Å². The van der Waals surface area contributed by atoms with Crippen LogP contribution >= 0.6 is 0 Å². The first-order valence-corrected chi connectivity index (χ1v) is 8.60. The van der Waals surface area contributed by atoms with Gasteiger partial charge in [-0.3, -0.25) is 0 Å². The average molecular weight is 319 g/mol. The van der Waals surface area contributed by atoms with Crippen molar-refractivity contribution < 1.29 is 21.9 Å². The summed E-state index contributed by atoms with van der Waals surface area (Å²) in [6, 6.07) is 3.45. The second kappa shape index (κ2) is 6.27. The number of ether oxygens (including phenoxy) is 1. The van der Waals surface area contributed by atoms with Crippen LogP contribution in [-0.4, -0.2) is 20.8 Å². The first-order chi connectivity index (χ1) is 9.81. The molecule has 118 valence electrons. The number of hydrogen-bond donors (Lipinski definition) is 1. The van der Waals surface area contributed by atoms with E-state index >= 15 is 0 Å². The van der Waals surface area contributed by atoms with E-state index in [0.29, 0.717) is 12.8 Å². The lowest BCUT2D eigenvalue weighted by Crippen LogP contribution is -2.40. The van der Waals surface area contributed by atoms with Crippen molar-refractivity contribution in [2.24, 2.45) is 10.6 Å². The Balaban J connectivity index is 2.16. The van der Waals surface area contributed by atoms with Crippen LogP contribution in [0.5, 0.6) is 5.75 Å². The molecule has 1 aliphatic carbocycles. The van der Waals surface area contributed by atoms with E-state index in [2.05, 4.69) is 0 Å². The quantitative estimate of drug-likeness (QED) is 0.907. The lowest BCUT2D eigenvalue weighted by atomic mass is 9.76. The summed E-state index contributed by atoms with van der Waals surface area (Å²) in [4.78, 5) is 0. The number of primary sulfonamides is 1. The van der Waals surface area contributed by atoms with Crippen molar-refractivity contribution in [3.05, 3.63) is 29.8 Å². The SMILES string of the molecule is NS(=O)(=O)CC1(COc2c(F)cccc2F)CCCCC1. The Morgan fingerprint density at radius 1 is 1.14 bits per heavy atom. The summed E-state index contributed by atoms with van der Waals surface area (Å²) in [5.74, 6) is -2.28. The molecule has 1 saturated carbocycles. The topological polar surface area (TPSA) is 69.4 Å². The largest absolute Gasteiger partial charge is 0.487 e. The third-order valence-corrected chi connectivity index (χ3v) is 4.88. The van der Waals surface area contributed by atoms with Gasteiger partial charge in [-0.15, -0.1) is 0 Å². The molecule has 0 radical (unpaired) electrons. The molecule has 21 heavy (non-hydrogen) atoms. The van der Waals surface area contributed by atoms with Crippen molar-refractivity contribution in [3.8, 4) is 5.75 Å². The number of halogens is 2. The maximum atomic E-state index is 13.6. The van der Waals surface area contributed by atoms with Gasteiger partial charge < -0.3 is 4.74 Å². The van der Waals surface area contributed by atoms with E-state index in [0.717, 1.165) is 31.4 Å². The van der Waals surface area contributed by atoms with Crippen molar-refractivity contribution in [2.75, 3.05) is 12.4 Å².